The molecule has 0 aliphatic heterocycles. The lowest BCUT2D eigenvalue weighted by Gasteiger charge is -2.02. The summed E-state index contributed by atoms with van der Waals surface area (Å²) in [7, 11) is 0. The number of fused-ring (bicyclic) bond motifs is 1. The molecule has 0 spiro atoms. The third-order valence-corrected chi connectivity index (χ3v) is 4.96. The molecule has 0 saturated heterocycles. The SMILES string of the molecule is Cc1cnc(Cl)cc1Sc1nc2ccccc2s1. The first-order valence-corrected chi connectivity index (χ1v) is 7.39. The van der Waals surface area contributed by atoms with Crippen LogP contribution in [-0.2, 0) is 0 Å². The number of aryl methyl sites for hydroxylation is 1. The van der Waals surface area contributed by atoms with Crippen LogP contribution in [0.3, 0.4) is 0 Å². The van der Waals surface area contributed by atoms with Crippen LogP contribution < -0.4 is 0 Å². The molecule has 0 atom stereocenters. The van der Waals surface area contributed by atoms with Crippen molar-refractivity contribution in [3.8, 4) is 0 Å². The van der Waals surface area contributed by atoms with E-state index in [1.807, 2.05) is 31.2 Å². The molecule has 90 valence electrons. The lowest BCUT2D eigenvalue weighted by molar-refractivity contribution is 1.18. The van der Waals surface area contributed by atoms with E-state index in [0.29, 0.717) is 5.15 Å². The maximum Gasteiger partial charge on any atom is 0.155 e. The molecular weight excluding hydrogens is 284 g/mol. The molecule has 18 heavy (non-hydrogen) atoms. The summed E-state index contributed by atoms with van der Waals surface area (Å²) in [6, 6.07) is 10.0. The van der Waals surface area contributed by atoms with E-state index in [9.17, 15) is 0 Å². The molecule has 1 aromatic carbocycles. The Morgan fingerprint density at radius 1 is 1.28 bits per heavy atom. The predicted molar refractivity (Wildman–Crippen MR) is 77.7 cm³/mol. The van der Waals surface area contributed by atoms with Crippen molar-refractivity contribution in [3.63, 3.8) is 0 Å². The number of nitrogens with zero attached hydrogens (tertiary/aromatic N) is 2. The van der Waals surface area contributed by atoms with Crippen molar-refractivity contribution in [2.45, 2.75) is 16.2 Å². The topological polar surface area (TPSA) is 25.8 Å². The van der Waals surface area contributed by atoms with Crippen molar-refractivity contribution in [3.05, 3.63) is 47.2 Å². The van der Waals surface area contributed by atoms with Gasteiger partial charge in [0.2, 0.25) is 0 Å². The first-order chi connectivity index (χ1) is 8.72. The fraction of sp³-hybridized carbons (Fsp3) is 0.0769. The third-order valence-electron chi connectivity index (χ3n) is 2.49. The van der Waals surface area contributed by atoms with Gasteiger partial charge >= 0.3 is 0 Å². The van der Waals surface area contributed by atoms with Crippen LogP contribution in [-0.4, -0.2) is 9.97 Å². The van der Waals surface area contributed by atoms with Gasteiger partial charge in [0.1, 0.15) is 5.15 Å². The van der Waals surface area contributed by atoms with Gasteiger partial charge in [-0.2, -0.15) is 0 Å². The quantitative estimate of drug-likeness (QED) is 0.634. The molecule has 2 heterocycles. The number of hydrogen-bond acceptors (Lipinski definition) is 4. The smallest absolute Gasteiger partial charge is 0.155 e. The number of aromatic nitrogens is 2. The largest absolute Gasteiger partial charge is 0.244 e. The summed E-state index contributed by atoms with van der Waals surface area (Å²) in [5.41, 5.74) is 2.16. The van der Waals surface area contributed by atoms with Gasteiger partial charge < -0.3 is 0 Å². The Morgan fingerprint density at radius 2 is 2.11 bits per heavy atom. The molecule has 0 bridgehead atoms. The van der Waals surface area contributed by atoms with Gasteiger partial charge in [-0.25, -0.2) is 9.97 Å². The molecule has 2 aromatic heterocycles. The second-order valence-corrected chi connectivity index (χ2v) is 6.53. The molecule has 0 aliphatic rings. The van der Waals surface area contributed by atoms with Crippen molar-refractivity contribution in [1.29, 1.82) is 0 Å². The van der Waals surface area contributed by atoms with Crippen LogP contribution in [0.15, 0.2) is 45.8 Å². The van der Waals surface area contributed by atoms with Crippen molar-refractivity contribution in [2.75, 3.05) is 0 Å². The highest BCUT2D eigenvalue weighted by atomic mass is 35.5. The number of thiazole rings is 1. The maximum absolute atomic E-state index is 5.92. The molecular formula is C13H9ClN2S2. The summed E-state index contributed by atoms with van der Waals surface area (Å²) in [5, 5.41) is 0.518. The fourth-order valence-corrected chi connectivity index (χ4v) is 3.92. The van der Waals surface area contributed by atoms with E-state index in [1.165, 1.54) is 4.70 Å². The van der Waals surface area contributed by atoms with Crippen LogP contribution in [0.25, 0.3) is 10.2 Å². The standard InChI is InChI=1S/C13H9ClN2S2/c1-8-7-15-12(14)6-11(8)18-13-16-9-4-2-3-5-10(9)17-13/h2-7H,1H3. The van der Waals surface area contributed by atoms with E-state index in [0.717, 1.165) is 20.3 Å². The highest BCUT2D eigenvalue weighted by Gasteiger charge is 2.08. The highest BCUT2D eigenvalue weighted by Crippen LogP contribution is 2.36. The number of rotatable bonds is 2. The first kappa shape index (κ1) is 12.0. The number of para-hydroxylation sites is 1. The zero-order valence-corrected chi connectivity index (χ0v) is 11.9. The van der Waals surface area contributed by atoms with Crippen LogP contribution in [0.2, 0.25) is 5.15 Å². The van der Waals surface area contributed by atoms with Gasteiger partial charge in [-0.05, 0) is 30.7 Å². The normalized spacial score (nSPS) is 11.0. The Hall–Kier alpha value is -1.10. The molecule has 0 fully saturated rings. The van der Waals surface area contributed by atoms with E-state index in [4.69, 9.17) is 11.6 Å². The van der Waals surface area contributed by atoms with E-state index in [1.54, 1.807) is 29.3 Å². The number of hydrogen-bond donors (Lipinski definition) is 0. The van der Waals surface area contributed by atoms with Crippen LogP contribution in [0.4, 0.5) is 0 Å². The molecule has 3 rings (SSSR count). The second-order valence-electron chi connectivity index (χ2n) is 3.82. The maximum atomic E-state index is 5.92. The molecule has 0 saturated carbocycles. The van der Waals surface area contributed by atoms with Gasteiger partial charge in [0.25, 0.3) is 0 Å². The van der Waals surface area contributed by atoms with Crippen LogP contribution in [0, 0.1) is 6.92 Å². The summed E-state index contributed by atoms with van der Waals surface area (Å²) in [5.74, 6) is 0. The van der Waals surface area contributed by atoms with E-state index in [2.05, 4.69) is 16.0 Å². The minimum Gasteiger partial charge on any atom is -0.244 e. The fourth-order valence-electron chi connectivity index (χ4n) is 1.58. The molecule has 5 heteroatoms. The summed E-state index contributed by atoms with van der Waals surface area (Å²) in [6.45, 7) is 2.03. The Kier molecular flexibility index (Phi) is 3.24. The summed E-state index contributed by atoms with van der Waals surface area (Å²) in [4.78, 5) is 9.76. The summed E-state index contributed by atoms with van der Waals surface area (Å²) >= 11 is 9.25. The van der Waals surface area contributed by atoms with Crippen molar-refractivity contribution in [2.24, 2.45) is 0 Å². The second kappa shape index (κ2) is 4.88. The number of halogens is 1. The van der Waals surface area contributed by atoms with Crippen molar-refractivity contribution < 1.29 is 0 Å². The average molecular weight is 293 g/mol. The average Bonchev–Trinajstić information content (AvgIpc) is 2.76. The van der Waals surface area contributed by atoms with Crippen LogP contribution in [0.5, 0.6) is 0 Å². The van der Waals surface area contributed by atoms with E-state index < -0.39 is 0 Å². The molecule has 2 nitrogen and oxygen atoms in total. The predicted octanol–water partition coefficient (Wildman–Crippen LogP) is 4.80. The molecule has 0 N–H and O–H groups in total. The molecule has 0 radical (unpaired) electrons. The summed E-state index contributed by atoms with van der Waals surface area (Å²) in [6.07, 6.45) is 1.79. The van der Waals surface area contributed by atoms with Gasteiger partial charge in [-0.15, -0.1) is 11.3 Å². The lowest BCUT2D eigenvalue weighted by Crippen LogP contribution is -1.82. The minimum absolute atomic E-state index is 0.518. The van der Waals surface area contributed by atoms with Gasteiger partial charge in [0.05, 0.1) is 10.2 Å². The highest BCUT2D eigenvalue weighted by molar-refractivity contribution is 8.01. The van der Waals surface area contributed by atoms with Crippen LogP contribution in [0.1, 0.15) is 5.56 Å². The Balaban J connectivity index is 1.98. The molecule has 0 amide bonds. The Labute approximate surface area is 118 Å². The first-order valence-electron chi connectivity index (χ1n) is 5.38. The molecule has 0 unspecified atom stereocenters. The Morgan fingerprint density at radius 3 is 2.94 bits per heavy atom. The number of benzene rings is 1. The number of pyridine rings is 1. The van der Waals surface area contributed by atoms with Crippen molar-refractivity contribution in [1.82, 2.24) is 9.97 Å². The van der Waals surface area contributed by atoms with Gasteiger partial charge in [0.15, 0.2) is 4.34 Å². The van der Waals surface area contributed by atoms with E-state index in [-0.39, 0.29) is 0 Å². The monoisotopic (exact) mass is 292 g/mol. The lowest BCUT2D eigenvalue weighted by atomic mass is 10.3. The van der Waals surface area contributed by atoms with E-state index >= 15 is 0 Å². The zero-order valence-electron chi connectivity index (χ0n) is 9.55. The minimum atomic E-state index is 0.518. The van der Waals surface area contributed by atoms with Crippen LogP contribution >= 0.6 is 34.7 Å². The Bertz CT molecular complexity index is 676. The van der Waals surface area contributed by atoms with Gasteiger partial charge in [0, 0.05) is 11.1 Å². The van der Waals surface area contributed by atoms with Gasteiger partial charge in [-0.1, -0.05) is 35.5 Å². The van der Waals surface area contributed by atoms with Crippen molar-refractivity contribution >= 4 is 44.9 Å². The molecule has 0 aliphatic carbocycles. The molecule has 3 aromatic rings. The summed E-state index contributed by atoms with van der Waals surface area (Å²) < 4.78 is 2.24. The van der Waals surface area contributed by atoms with Gasteiger partial charge in [-0.3, -0.25) is 0 Å². The third kappa shape index (κ3) is 2.36. The zero-order chi connectivity index (χ0) is 12.5.